The molecule has 1 aliphatic rings. The maximum absolute atomic E-state index is 12.2. The van der Waals surface area contributed by atoms with Gasteiger partial charge in [-0.3, -0.25) is 13.9 Å². The largest absolute Gasteiger partial charge is 0.396 e. The maximum atomic E-state index is 12.2. The molecule has 2 heterocycles. The topological polar surface area (TPSA) is 80.7 Å². The second-order valence-corrected chi connectivity index (χ2v) is 5.70. The Bertz CT molecular complexity index is 605. The average molecular weight is 297 g/mol. The first kappa shape index (κ1) is 15.8. The quantitative estimate of drug-likeness (QED) is 0.553. The van der Waals surface area contributed by atoms with E-state index in [1.807, 2.05) is 0 Å². The number of hydrogen-bond donors (Lipinski definition) is 3. The van der Waals surface area contributed by atoms with Crippen LogP contribution in [0.4, 0.5) is 5.82 Å². The van der Waals surface area contributed by atoms with Crippen LogP contribution in [0.25, 0.3) is 0 Å². The van der Waals surface area contributed by atoms with Crippen molar-refractivity contribution >= 4 is 5.82 Å². The third-order valence-corrected chi connectivity index (χ3v) is 4.13. The number of aliphatic hydroxyl groups excluding tert-OH is 1. The average Bonchev–Trinajstić information content (AvgIpc) is 2.50. The first-order valence-electron chi connectivity index (χ1n) is 7.53. The van der Waals surface area contributed by atoms with Gasteiger partial charge in [-0.1, -0.05) is 6.42 Å². The molecule has 0 bridgehead atoms. The molecule has 21 heavy (non-hydrogen) atoms. The summed E-state index contributed by atoms with van der Waals surface area (Å²) in [6.07, 6.45) is 4.09. The Labute approximate surface area is 123 Å². The second-order valence-electron chi connectivity index (χ2n) is 5.70. The van der Waals surface area contributed by atoms with E-state index in [2.05, 4.69) is 5.32 Å². The van der Waals surface area contributed by atoms with E-state index in [0.29, 0.717) is 17.9 Å². The molecular weight excluding hydrogens is 272 g/mol. The summed E-state index contributed by atoms with van der Waals surface area (Å²) in [5.74, 6) is 0.659. The molecule has 118 valence electrons. The van der Waals surface area contributed by atoms with Crippen LogP contribution in [-0.2, 0) is 20.6 Å². The molecular formula is C14H25N4O3+. The first-order valence-corrected chi connectivity index (χ1v) is 7.53. The van der Waals surface area contributed by atoms with Crippen LogP contribution in [0.1, 0.15) is 31.2 Å². The fourth-order valence-corrected chi connectivity index (χ4v) is 2.84. The van der Waals surface area contributed by atoms with Gasteiger partial charge in [0.05, 0.1) is 6.54 Å². The summed E-state index contributed by atoms with van der Waals surface area (Å²) in [7, 11) is 3.21. The molecule has 3 N–H and O–H groups in total. The van der Waals surface area contributed by atoms with Crippen LogP contribution in [0.15, 0.2) is 9.59 Å². The molecule has 0 amide bonds. The van der Waals surface area contributed by atoms with E-state index < -0.39 is 0 Å². The van der Waals surface area contributed by atoms with E-state index in [1.54, 1.807) is 7.05 Å². The molecule has 0 aliphatic carbocycles. The van der Waals surface area contributed by atoms with Crippen molar-refractivity contribution in [1.29, 1.82) is 0 Å². The number of aromatic nitrogens is 2. The van der Waals surface area contributed by atoms with Crippen molar-refractivity contribution in [2.24, 2.45) is 14.1 Å². The van der Waals surface area contributed by atoms with Crippen molar-refractivity contribution in [1.82, 2.24) is 9.13 Å². The second kappa shape index (κ2) is 6.91. The Hall–Kier alpha value is -1.60. The van der Waals surface area contributed by atoms with Gasteiger partial charge < -0.3 is 15.3 Å². The number of aliphatic hydroxyl groups is 1. The van der Waals surface area contributed by atoms with E-state index in [9.17, 15) is 9.59 Å². The van der Waals surface area contributed by atoms with Crippen LogP contribution >= 0.6 is 0 Å². The van der Waals surface area contributed by atoms with Gasteiger partial charge in [0.25, 0.3) is 5.56 Å². The van der Waals surface area contributed by atoms with Crippen molar-refractivity contribution < 1.29 is 10.0 Å². The Morgan fingerprint density at radius 3 is 2.57 bits per heavy atom. The predicted octanol–water partition coefficient (Wildman–Crippen LogP) is -1.60. The van der Waals surface area contributed by atoms with E-state index in [4.69, 9.17) is 5.11 Å². The number of rotatable bonds is 6. The lowest BCUT2D eigenvalue weighted by Gasteiger charge is -2.28. The van der Waals surface area contributed by atoms with Crippen molar-refractivity contribution in [3.8, 4) is 0 Å². The molecule has 1 aromatic rings. The van der Waals surface area contributed by atoms with Crippen molar-refractivity contribution in [3.05, 3.63) is 26.4 Å². The molecule has 0 spiro atoms. The maximum Gasteiger partial charge on any atom is 0.332 e. The zero-order valence-corrected chi connectivity index (χ0v) is 12.8. The van der Waals surface area contributed by atoms with E-state index in [-0.39, 0.29) is 17.9 Å². The molecule has 0 aromatic carbocycles. The van der Waals surface area contributed by atoms with Crippen LogP contribution in [0.3, 0.4) is 0 Å². The lowest BCUT2D eigenvalue weighted by atomic mass is 10.1. The highest BCUT2D eigenvalue weighted by atomic mass is 16.3. The third-order valence-electron chi connectivity index (χ3n) is 4.13. The molecule has 1 atom stereocenters. The molecule has 1 unspecified atom stereocenters. The minimum absolute atomic E-state index is 0.196. The Morgan fingerprint density at radius 2 is 1.86 bits per heavy atom. The molecule has 0 saturated heterocycles. The van der Waals surface area contributed by atoms with E-state index in [1.165, 1.54) is 21.1 Å². The van der Waals surface area contributed by atoms with Gasteiger partial charge >= 0.3 is 5.69 Å². The fourth-order valence-electron chi connectivity index (χ4n) is 2.84. The summed E-state index contributed by atoms with van der Waals surface area (Å²) in [5.41, 5.74) is 0.202. The van der Waals surface area contributed by atoms with Crippen LogP contribution in [0.2, 0.25) is 0 Å². The highest BCUT2D eigenvalue weighted by Crippen LogP contribution is 2.08. The van der Waals surface area contributed by atoms with Gasteiger partial charge in [0.2, 0.25) is 0 Å². The van der Waals surface area contributed by atoms with Crippen molar-refractivity contribution in [2.45, 2.75) is 32.2 Å². The number of nitrogens with zero attached hydrogens (tertiary/aromatic N) is 2. The monoisotopic (exact) mass is 297 g/mol. The van der Waals surface area contributed by atoms with Gasteiger partial charge in [0.1, 0.15) is 17.9 Å². The SMILES string of the molecule is Cn1c2c(c(=O)n(C)c1=O)C[NH+](CCCCCCO)CN2. The van der Waals surface area contributed by atoms with Crippen LogP contribution in [0.5, 0.6) is 0 Å². The van der Waals surface area contributed by atoms with Crippen LogP contribution < -0.4 is 21.5 Å². The Kier molecular flexibility index (Phi) is 5.19. The zero-order valence-electron chi connectivity index (χ0n) is 12.8. The van der Waals surface area contributed by atoms with E-state index >= 15 is 0 Å². The number of fused-ring (bicyclic) bond motifs is 1. The van der Waals surface area contributed by atoms with Crippen LogP contribution in [0, 0.1) is 0 Å². The minimum Gasteiger partial charge on any atom is -0.396 e. The smallest absolute Gasteiger partial charge is 0.332 e. The normalized spacial score (nSPS) is 17.4. The molecule has 7 nitrogen and oxygen atoms in total. The number of nitrogens with one attached hydrogen (secondary N) is 2. The summed E-state index contributed by atoms with van der Waals surface area (Å²) in [5, 5.41) is 12.0. The fraction of sp³-hybridized carbons (Fsp3) is 0.714. The molecule has 1 aliphatic heterocycles. The zero-order chi connectivity index (χ0) is 15.4. The number of anilines is 1. The minimum atomic E-state index is -0.293. The Balaban J connectivity index is 2.04. The standard InChI is InChI=1S/C14H24N4O3/c1-16-12-11(13(20)17(2)14(16)21)9-18(10-15-12)7-5-3-4-6-8-19/h15,19H,3-10H2,1-2H3/p+1. The van der Waals surface area contributed by atoms with Gasteiger partial charge in [0, 0.05) is 20.7 Å². The van der Waals surface area contributed by atoms with Gasteiger partial charge in [-0.25, -0.2) is 4.79 Å². The molecule has 1 aromatic heterocycles. The van der Waals surface area contributed by atoms with Crippen molar-refractivity contribution in [3.63, 3.8) is 0 Å². The van der Waals surface area contributed by atoms with Crippen LogP contribution in [-0.4, -0.2) is 34.1 Å². The first-order chi connectivity index (χ1) is 10.1. The highest BCUT2D eigenvalue weighted by molar-refractivity contribution is 5.43. The van der Waals surface area contributed by atoms with Gasteiger partial charge in [-0.05, 0) is 19.3 Å². The summed E-state index contributed by atoms with van der Waals surface area (Å²) in [6, 6.07) is 0. The summed E-state index contributed by atoms with van der Waals surface area (Å²) in [4.78, 5) is 25.4. The Morgan fingerprint density at radius 1 is 1.14 bits per heavy atom. The molecule has 2 rings (SSSR count). The number of quaternary nitrogens is 1. The van der Waals surface area contributed by atoms with Crippen molar-refractivity contribution in [2.75, 3.05) is 25.1 Å². The summed E-state index contributed by atoms with van der Waals surface area (Å²) >= 11 is 0. The molecule has 0 radical (unpaired) electrons. The highest BCUT2D eigenvalue weighted by Gasteiger charge is 2.25. The number of unbranched alkanes of at least 4 members (excludes halogenated alkanes) is 3. The molecule has 7 heteroatoms. The third kappa shape index (κ3) is 3.36. The summed E-state index contributed by atoms with van der Waals surface area (Å²) in [6.45, 7) is 2.63. The van der Waals surface area contributed by atoms with Gasteiger partial charge in [0.15, 0.2) is 6.67 Å². The van der Waals surface area contributed by atoms with Gasteiger partial charge in [-0.15, -0.1) is 0 Å². The van der Waals surface area contributed by atoms with Gasteiger partial charge in [-0.2, -0.15) is 0 Å². The molecule has 0 fully saturated rings. The number of hydrogen-bond acceptors (Lipinski definition) is 4. The van der Waals surface area contributed by atoms with E-state index in [0.717, 1.165) is 38.9 Å². The summed E-state index contributed by atoms with van der Waals surface area (Å²) < 4.78 is 2.68. The lowest BCUT2D eigenvalue weighted by molar-refractivity contribution is -0.912. The molecule has 0 saturated carbocycles. The predicted molar refractivity (Wildman–Crippen MR) is 80.5 cm³/mol. The lowest BCUT2D eigenvalue weighted by Crippen LogP contribution is -3.12.